The van der Waals surface area contributed by atoms with Crippen molar-refractivity contribution in [2.75, 3.05) is 11.4 Å². The quantitative estimate of drug-likeness (QED) is 0.243. The van der Waals surface area contributed by atoms with Crippen LogP contribution in [-0.4, -0.2) is 47.9 Å². The van der Waals surface area contributed by atoms with E-state index in [9.17, 15) is 9.59 Å². The summed E-state index contributed by atoms with van der Waals surface area (Å²) in [5, 5.41) is 9.14. The van der Waals surface area contributed by atoms with E-state index in [0.29, 0.717) is 18.2 Å². The molecule has 10 heteroatoms. The predicted octanol–water partition coefficient (Wildman–Crippen LogP) is 7.59. The standard InChI is InChI=1S/C28H39Cl2N3O4Si/c1-18(37-38(5,6)28(2,3)4)16-33(27(36)24-25(29)31-17-32-26(24)30)22-13-11-21(12-14-22)20-9-7-19(8-10-20)15-23(34)35/h11-14,17-20H,7-10,15-16H2,1-6H3,(H,34,35)/t18-,19?,20?/m1/s1. The monoisotopic (exact) mass is 579 g/mol. The van der Waals surface area contributed by atoms with Gasteiger partial charge in [0.2, 0.25) is 0 Å². The topological polar surface area (TPSA) is 92.6 Å². The van der Waals surface area contributed by atoms with Gasteiger partial charge in [0, 0.05) is 12.1 Å². The lowest BCUT2D eigenvalue weighted by Crippen LogP contribution is -2.47. The van der Waals surface area contributed by atoms with Crippen LogP contribution in [0.15, 0.2) is 30.6 Å². The zero-order valence-corrected chi connectivity index (χ0v) is 25.6. The number of nitrogens with zero attached hydrogens (tertiary/aromatic N) is 3. The number of benzene rings is 1. The van der Waals surface area contributed by atoms with Crippen molar-refractivity contribution >= 4 is 49.1 Å². The lowest BCUT2D eigenvalue weighted by atomic mass is 9.77. The first-order chi connectivity index (χ1) is 17.7. The molecular weight excluding hydrogens is 541 g/mol. The highest BCUT2D eigenvalue weighted by Gasteiger charge is 2.39. The van der Waals surface area contributed by atoms with Gasteiger partial charge in [-0.15, -0.1) is 0 Å². The summed E-state index contributed by atoms with van der Waals surface area (Å²) in [6.45, 7) is 13.2. The van der Waals surface area contributed by atoms with Crippen molar-refractivity contribution in [3.8, 4) is 0 Å². The first-order valence-electron chi connectivity index (χ1n) is 13.2. The van der Waals surface area contributed by atoms with Crippen molar-refractivity contribution in [1.82, 2.24) is 9.97 Å². The number of aliphatic carboxylic acids is 1. The summed E-state index contributed by atoms with van der Waals surface area (Å²) in [5.41, 5.74) is 1.97. The first kappa shape index (κ1) is 30.5. The maximum absolute atomic E-state index is 13.8. The van der Waals surface area contributed by atoms with Gasteiger partial charge in [-0.05, 0) is 80.3 Å². The van der Waals surface area contributed by atoms with Gasteiger partial charge in [-0.1, -0.05) is 56.1 Å². The molecule has 1 atom stereocenters. The number of aromatic nitrogens is 2. The highest BCUT2D eigenvalue weighted by molar-refractivity contribution is 6.74. The van der Waals surface area contributed by atoms with Crippen LogP contribution >= 0.6 is 23.2 Å². The molecule has 1 fully saturated rings. The zero-order valence-electron chi connectivity index (χ0n) is 23.1. The van der Waals surface area contributed by atoms with Gasteiger partial charge in [-0.2, -0.15) is 0 Å². The fraction of sp³-hybridized carbons (Fsp3) is 0.571. The molecule has 7 nitrogen and oxygen atoms in total. The van der Waals surface area contributed by atoms with Gasteiger partial charge < -0.3 is 14.4 Å². The Hall–Kier alpha value is -2.00. The van der Waals surface area contributed by atoms with Gasteiger partial charge >= 0.3 is 5.97 Å². The summed E-state index contributed by atoms with van der Waals surface area (Å²) in [6, 6.07) is 8.01. The summed E-state index contributed by atoms with van der Waals surface area (Å²) in [7, 11) is -2.07. The fourth-order valence-electron chi connectivity index (χ4n) is 4.81. The molecule has 0 unspecified atom stereocenters. The van der Waals surface area contributed by atoms with E-state index in [1.807, 2.05) is 19.1 Å². The SMILES string of the molecule is C[C@H](CN(C(=O)c1c(Cl)ncnc1Cl)c1ccc(C2CCC(CC(=O)O)CC2)cc1)O[Si](C)(C)C(C)(C)C. The highest BCUT2D eigenvalue weighted by Crippen LogP contribution is 2.39. The number of carbonyl (C=O) groups is 2. The number of carboxylic acids is 1. The molecule has 1 N–H and O–H groups in total. The second-order valence-electron chi connectivity index (χ2n) is 11.8. The molecule has 0 bridgehead atoms. The third kappa shape index (κ3) is 7.55. The minimum absolute atomic E-state index is 0.00714. The van der Waals surface area contributed by atoms with E-state index in [1.165, 1.54) is 11.9 Å². The Balaban J connectivity index is 1.85. The molecular formula is C28H39Cl2N3O4Si. The fourth-order valence-corrected chi connectivity index (χ4v) is 6.72. The van der Waals surface area contributed by atoms with E-state index in [0.717, 1.165) is 25.7 Å². The Morgan fingerprint density at radius 3 is 2.13 bits per heavy atom. The molecule has 38 heavy (non-hydrogen) atoms. The predicted molar refractivity (Wildman–Crippen MR) is 155 cm³/mol. The van der Waals surface area contributed by atoms with Gasteiger partial charge in [0.05, 0.1) is 12.6 Å². The molecule has 1 aromatic heterocycles. The first-order valence-corrected chi connectivity index (χ1v) is 16.8. The van der Waals surface area contributed by atoms with E-state index in [1.54, 1.807) is 4.90 Å². The molecule has 1 saturated carbocycles. The van der Waals surface area contributed by atoms with Crippen LogP contribution in [0.1, 0.15) is 81.6 Å². The minimum atomic E-state index is -2.07. The maximum Gasteiger partial charge on any atom is 0.303 e. The summed E-state index contributed by atoms with van der Waals surface area (Å²) >= 11 is 12.6. The molecule has 0 aliphatic heterocycles. The van der Waals surface area contributed by atoms with Crippen LogP contribution in [0.5, 0.6) is 0 Å². The number of hydrogen-bond acceptors (Lipinski definition) is 5. The molecule has 0 saturated heterocycles. The highest BCUT2D eigenvalue weighted by atomic mass is 35.5. The average molecular weight is 581 g/mol. The van der Waals surface area contributed by atoms with Gasteiger partial charge in [-0.25, -0.2) is 9.97 Å². The lowest BCUT2D eigenvalue weighted by molar-refractivity contribution is -0.138. The number of carbonyl (C=O) groups excluding carboxylic acids is 1. The van der Waals surface area contributed by atoms with Crippen molar-refractivity contribution in [2.24, 2.45) is 5.92 Å². The Bertz CT molecular complexity index is 1110. The molecule has 1 aliphatic carbocycles. The van der Waals surface area contributed by atoms with Crippen LogP contribution in [-0.2, 0) is 9.22 Å². The Morgan fingerprint density at radius 1 is 1.08 bits per heavy atom. The van der Waals surface area contributed by atoms with Crippen LogP contribution in [0.25, 0.3) is 0 Å². The zero-order chi connectivity index (χ0) is 28.3. The summed E-state index contributed by atoms with van der Waals surface area (Å²) in [5.74, 6) is -0.474. The summed E-state index contributed by atoms with van der Waals surface area (Å²) < 4.78 is 6.56. The molecule has 208 valence electrons. The van der Waals surface area contributed by atoms with E-state index in [2.05, 4.69) is 56.0 Å². The molecule has 3 rings (SSSR count). The Kier molecular flexibility index (Phi) is 10.0. The van der Waals surface area contributed by atoms with E-state index in [-0.39, 0.29) is 45.3 Å². The second-order valence-corrected chi connectivity index (χ2v) is 17.3. The van der Waals surface area contributed by atoms with Gasteiger partial charge in [-0.3, -0.25) is 9.59 Å². The number of halogens is 2. The molecule has 1 aromatic carbocycles. The van der Waals surface area contributed by atoms with Crippen LogP contribution in [0.4, 0.5) is 5.69 Å². The lowest BCUT2D eigenvalue weighted by Gasteiger charge is -2.39. The van der Waals surface area contributed by atoms with Crippen LogP contribution in [0, 0.1) is 5.92 Å². The summed E-state index contributed by atoms with van der Waals surface area (Å²) in [4.78, 5) is 34.4. The number of carboxylic acid groups (broad SMARTS) is 1. The van der Waals surface area contributed by atoms with E-state index < -0.39 is 14.3 Å². The van der Waals surface area contributed by atoms with Crippen LogP contribution in [0.3, 0.4) is 0 Å². The second kappa shape index (κ2) is 12.5. The van der Waals surface area contributed by atoms with Gasteiger partial charge in [0.15, 0.2) is 8.32 Å². The van der Waals surface area contributed by atoms with Crippen molar-refractivity contribution in [3.05, 3.63) is 52.0 Å². The number of hydrogen-bond donors (Lipinski definition) is 1. The van der Waals surface area contributed by atoms with Gasteiger partial charge in [0.1, 0.15) is 22.2 Å². The minimum Gasteiger partial charge on any atom is -0.481 e. The van der Waals surface area contributed by atoms with Crippen molar-refractivity contribution < 1.29 is 19.1 Å². The van der Waals surface area contributed by atoms with Crippen LogP contribution in [0.2, 0.25) is 28.4 Å². The summed E-state index contributed by atoms with van der Waals surface area (Å²) in [6.07, 6.45) is 4.99. The van der Waals surface area contributed by atoms with E-state index >= 15 is 0 Å². The number of anilines is 1. The maximum atomic E-state index is 13.8. The molecule has 2 aromatic rings. The third-order valence-corrected chi connectivity index (χ3v) is 13.1. The Labute approximate surface area is 237 Å². The molecule has 1 aliphatic rings. The number of amides is 1. The van der Waals surface area contributed by atoms with Crippen molar-refractivity contribution in [2.45, 2.75) is 90.0 Å². The third-order valence-electron chi connectivity index (χ3n) is 7.94. The van der Waals surface area contributed by atoms with Crippen LogP contribution < -0.4 is 4.90 Å². The van der Waals surface area contributed by atoms with Crippen molar-refractivity contribution in [1.29, 1.82) is 0 Å². The Morgan fingerprint density at radius 2 is 1.63 bits per heavy atom. The molecule has 1 amide bonds. The number of rotatable bonds is 9. The molecule has 0 radical (unpaired) electrons. The molecule has 1 heterocycles. The van der Waals surface area contributed by atoms with Crippen molar-refractivity contribution in [3.63, 3.8) is 0 Å². The normalized spacial score (nSPS) is 19.2. The van der Waals surface area contributed by atoms with Gasteiger partial charge in [0.25, 0.3) is 5.91 Å². The smallest absolute Gasteiger partial charge is 0.303 e. The largest absolute Gasteiger partial charge is 0.481 e. The van der Waals surface area contributed by atoms with E-state index in [4.69, 9.17) is 32.7 Å². The molecule has 0 spiro atoms. The average Bonchev–Trinajstić information content (AvgIpc) is 2.81.